The molecule has 29 nitrogen and oxygen atoms in total. The zero-order valence-electron chi connectivity index (χ0n) is 57.7. The number of halogens is 2. The molecule has 98 heavy (non-hydrogen) atoms. The SMILES string of the molecule is CC(=O)c1c(C)c2cnc(S(C)(=O)=O)nc2n(C2CCCC2)c1=O.CC(C)(C)OC(=O)N1CCCC(CO)C1.CC(C)(C)OC(=O)N1CCN2c3ccc(N)cc3OCC2C1.CC(C)(C)OC(=O)N1CCN2c3ccc([N+](=O)[O-])cc3OCC2C1.O=[N+]([O-])c1ccc(F)c(F)c1.[HH].[K+].[OH-]. The summed E-state index contributed by atoms with van der Waals surface area (Å²) in [5.74, 6) is -1.05. The number of Topliss-reactive ketones (excluding diaryl/α,β-unsaturated/α-hetero) is 1. The number of carbonyl (C=O) groups excluding carboxylic acids is 4. The quantitative estimate of drug-likeness (QED) is 0.0332. The molecule has 0 bridgehead atoms. The summed E-state index contributed by atoms with van der Waals surface area (Å²) < 4.78 is 77.1. The minimum atomic E-state index is -3.59. The average Bonchev–Trinajstić information content (AvgIpc) is 1.56. The van der Waals surface area contributed by atoms with Gasteiger partial charge < -0.3 is 64.5 Å². The number of hydrogen-bond donors (Lipinski definition) is 2. The molecule has 5 aromatic rings. The van der Waals surface area contributed by atoms with Gasteiger partial charge in [-0.05, 0) is 138 Å². The average molecular weight is 1420 g/mol. The number of likely N-dealkylation sites (tertiary alicyclic amines) is 1. The van der Waals surface area contributed by atoms with Gasteiger partial charge in [0, 0.05) is 108 Å². The van der Waals surface area contributed by atoms with Crippen molar-refractivity contribution in [2.45, 2.75) is 155 Å². The number of aryl methyl sites for hydroxylation is 1. The van der Waals surface area contributed by atoms with Crippen LogP contribution in [0.1, 0.15) is 131 Å². The molecule has 3 atom stereocenters. The second-order valence-corrected chi connectivity index (χ2v) is 29.0. The summed E-state index contributed by atoms with van der Waals surface area (Å²) >= 11 is 0. The van der Waals surface area contributed by atoms with Gasteiger partial charge in [-0.3, -0.25) is 34.4 Å². The number of carbonyl (C=O) groups is 4. The van der Waals surface area contributed by atoms with Gasteiger partial charge in [-0.2, -0.15) is 4.98 Å². The molecule has 2 aromatic heterocycles. The molecule has 1 aliphatic carbocycles. The third-order valence-electron chi connectivity index (χ3n) is 16.0. The number of aliphatic hydroxyl groups is 1. The molecule has 534 valence electrons. The summed E-state index contributed by atoms with van der Waals surface area (Å²) in [5, 5.41) is 30.1. The van der Waals surface area contributed by atoms with Gasteiger partial charge in [-0.1, -0.05) is 12.8 Å². The van der Waals surface area contributed by atoms with Crippen molar-refractivity contribution in [3.05, 3.63) is 114 Å². The second-order valence-electron chi connectivity index (χ2n) is 27.1. The first-order valence-electron chi connectivity index (χ1n) is 31.6. The van der Waals surface area contributed by atoms with E-state index in [0.29, 0.717) is 92.6 Å². The van der Waals surface area contributed by atoms with Crippen LogP contribution in [-0.4, -0.2) is 189 Å². The van der Waals surface area contributed by atoms with E-state index < -0.39 is 59.4 Å². The maximum atomic E-state index is 12.9. The molecule has 3 saturated heterocycles. The number of sulfone groups is 1. The molecule has 3 aromatic carbocycles. The number of pyridine rings is 1. The number of nitrogens with zero attached hydrogens (tertiary/aromatic N) is 10. The van der Waals surface area contributed by atoms with E-state index in [9.17, 15) is 61.4 Å². The normalized spacial score (nSPS) is 18.0. The molecular weight excluding hydrogens is 1330 g/mol. The topological polar surface area (TPSA) is 375 Å². The number of aromatic nitrogens is 3. The molecule has 7 heterocycles. The Morgan fingerprint density at radius 2 is 1.16 bits per heavy atom. The Kier molecular flexibility index (Phi) is 28.3. The molecule has 3 unspecified atom stereocenters. The van der Waals surface area contributed by atoms with Crippen molar-refractivity contribution in [2.75, 3.05) is 94.0 Å². The third-order valence-corrected chi connectivity index (χ3v) is 16.9. The molecule has 4 N–H and O–H groups in total. The van der Waals surface area contributed by atoms with Crippen molar-refractivity contribution >= 4 is 73.4 Å². The predicted molar refractivity (Wildman–Crippen MR) is 357 cm³/mol. The number of anilines is 3. The summed E-state index contributed by atoms with van der Waals surface area (Å²) in [6.07, 6.45) is 7.14. The van der Waals surface area contributed by atoms with Crippen LogP contribution >= 0.6 is 0 Å². The Balaban J connectivity index is 0.000000267. The minimum absolute atomic E-state index is 0. The van der Waals surface area contributed by atoms with Crippen molar-refractivity contribution in [1.82, 2.24) is 29.2 Å². The van der Waals surface area contributed by atoms with E-state index in [-0.39, 0.29) is 129 Å². The second kappa shape index (κ2) is 34.1. The van der Waals surface area contributed by atoms with Crippen molar-refractivity contribution in [1.29, 1.82) is 0 Å². The molecule has 0 spiro atoms. The number of nitro groups is 2. The summed E-state index contributed by atoms with van der Waals surface area (Å²) in [5.41, 5.74) is 7.04. The van der Waals surface area contributed by atoms with E-state index in [2.05, 4.69) is 19.8 Å². The molecule has 0 radical (unpaired) electrons. The van der Waals surface area contributed by atoms with Crippen LogP contribution in [0, 0.1) is 44.7 Å². The van der Waals surface area contributed by atoms with E-state index in [1.165, 1.54) is 29.8 Å². The zero-order valence-corrected chi connectivity index (χ0v) is 61.7. The van der Waals surface area contributed by atoms with E-state index >= 15 is 0 Å². The summed E-state index contributed by atoms with van der Waals surface area (Å²) in [6, 6.07) is 12.6. The van der Waals surface area contributed by atoms with Crippen molar-refractivity contribution in [3.8, 4) is 11.5 Å². The van der Waals surface area contributed by atoms with Crippen LogP contribution in [0.15, 0.2) is 70.7 Å². The number of nitrogen functional groups attached to an aromatic ring is 1. The predicted octanol–water partition coefficient (Wildman–Crippen LogP) is 6.89. The number of nitro benzene ring substituents is 2. The number of amides is 3. The van der Waals surface area contributed by atoms with Gasteiger partial charge in [0.15, 0.2) is 17.4 Å². The fraction of sp³-hybridized carbons (Fsp3) is 0.554. The smallest absolute Gasteiger partial charge is 0.870 e. The van der Waals surface area contributed by atoms with E-state index in [1.807, 2.05) is 80.5 Å². The van der Waals surface area contributed by atoms with Gasteiger partial charge >= 0.3 is 69.7 Å². The molecule has 1 saturated carbocycles. The molecule has 3 amide bonds. The maximum absolute atomic E-state index is 12.9. The van der Waals surface area contributed by atoms with Crippen LogP contribution in [-0.2, 0) is 24.0 Å². The van der Waals surface area contributed by atoms with Crippen LogP contribution in [0.5, 0.6) is 11.5 Å². The zero-order chi connectivity index (χ0) is 70.9. The molecular formula is C65H90F2KN11O18S. The van der Waals surface area contributed by atoms with Crippen LogP contribution in [0.25, 0.3) is 11.0 Å². The number of piperidine rings is 1. The number of nitrogens with two attached hydrogens (primary N) is 1. The molecule has 4 fully saturated rings. The van der Waals surface area contributed by atoms with Gasteiger partial charge in [-0.25, -0.2) is 36.6 Å². The third kappa shape index (κ3) is 21.8. The van der Waals surface area contributed by atoms with Gasteiger partial charge in [0.1, 0.15) is 47.2 Å². The van der Waals surface area contributed by atoms with Crippen molar-refractivity contribution in [3.63, 3.8) is 0 Å². The first kappa shape index (κ1) is 81.3. The number of aliphatic hydroxyl groups excluding tert-OH is 1. The standard InChI is InChI=1S/C16H21N3O5.C16H19N3O4S.C16H23N3O3.C11H21NO3.C6H3F2NO2.K.H2O.H2/c1-16(2,3)24-15(20)17-6-7-18-12(9-17)10-23-14-8-11(19(21)22)4-5-13(14)18;1-9-12-8-17-16(24(3,22)23)18-14(12)19(11-6-4-5-7-11)15(21)13(9)10(2)20;1-16(2,3)22-15(20)18-6-7-19-12(9-18)10-21-14-8-11(17)4-5-13(14)19;1-11(2,3)15-10(14)12-6-4-5-9(7-12)8-13;7-5-2-1-4(9(10)11)3-6(5)8;;;/h4-5,8,12H,6-7,9-10H2,1-3H3;8,11H,4-7H2,1-3H3;4-5,8,12H,6-7,9-10,17H2,1-3H3;9,13H,4-8H2,1-3H3;1-3H;;1H2;1H/q;;;;;+1;;/p-1. The Hall–Kier alpha value is -7.40. The van der Waals surface area contributed by atoms with E-state index in [4.69, 9.17) is 34.5 Å². The number of benzene rings is 3. The molecule has 6 aliphatic rings. The van der Waals surface area contributed by atoms with Crippen LogP contribution in [0.3, 0.4) is 0 Å². The fourth-order valence-corrected chi connectivity index (χ4v) is 12.1. The number of non-ortho nitro benzene ring substituents is 2. The van der Waals surface area contributed by atoms with E-state index in [1.54, 1.807) is 27.7 Å². The van der Waals surface area contributed by atoms with E-state index in [0.717, 1.165) is 81.1 Å². The Morgan fingerprint density at radius 3 is 1.62 bits per heavy atom. The first-order chi connectivity index (χ1) is 44.8. The number of hydrogen-bond acceptors (Lipinski definition) is 23. The maximum Gasteiger partial charge on any atom is 1.00 e. The Morgan fingerprint density at radius 1 is 0.694 bits per heavy atom. The first-order valence-corrected chi connectivity index (χ1v) is 33.5. The van der Waals surface area contributed by atoms with Crippen LogP contribution in [0.4, 0.5) is 51.6 Å². The van der Waals surface area contributed by atoms with Gasteiger partial charge in [0.05, 0.1) is 51.0 Å². The molecule has 11 rings (SSSR count). The number of ether oxygens (including phenoxy) is 5. The molecule has 5 aliphatic heterocycles. The van der Waals surface area contributed by atoms with Crippen molar-refractivity contribution in [2.24, 2.45) is 5.92 Å². The fourth-order valence-electron chi connectivity index (χ4n) is 11.6. The molecule has 33 heteroatoms. The Labute approximate surface area is 611 Å². The van der Waals surface area contributed by atoms with Crippen LogP contribution in [0.2, 0.25) is 0 Å². The largest absolute Gasteiger partial charge is 1.00 e. The summed E-state index contributed by atoms with van der Waals surface area (Å²) in [4.78, 5) is 98.3. The number of fused-ring (bicyclic) bond motifs is 7. The Bertz CT molecular complexity index is 3890. The number of piperazine rings is 2. The van der Waals surface area contributed by atoms with Gasteiger partial charge in [0.2, 0.25) is 15.0 Å². The van der Waals surface area contributed by atoms with Gasteiger partial charge in [0.25, 0.3) is 16.9 Å². The van der Waals surface area contributed by atoms with Gasteiger partial charge in [-0.15, -0.1) is 0 Å². The minimum Gasteiger partial charge on any atom is -0.870 e. The van der Waals surface area contributed by atoms with Crippen molar-refractivity contribution < 1.29 is 133 Å². The summed E-state index contributed by atoms with van der Waals surface area (Å²) in [7, 11) is -3.59. The monoisotopic (exact) mass is 1420 g/mol. The van der Waals surface area contributed by atoms with Crippen LogP contribution < -0.4 is 82.0 Å². The number of ketones is 1. The summed E-state index contributed by atoms with van der Waals surface area (Å²) in [6.45, 7) is 25.9. The number of rotatable bonds is 6.